The number of aliphatic carboxylic acids is 2. The number of benzene rings is 1. The van der Waals surface area contributed by atoms with Gasteiger partial charge in [-0.3, -0.25) is 19.7 Å². The summed E-state index contributed by atoms with van der Waals surface area (Å²) in [6.07, 6.45) is -1.50. The van der Waals surface area contributed by atoms with E-state index in [0.717, 1.165) is 13.8 Å². The number of carboxylic acids is 2. The second kappa shape index (κ2) is 14.0. The average molecular weight is 407 g/mol. The number of carbonyl (C=O) groups is 2. The number of nitrogens with zero attached hydrogens (tertiary/aromatic N) is 1. The fourth-order valence-electron chi connectivity index (χ4n) is 1.78. The number of aliphatic hydroxyl groups excluding tert-OH is 2. The zero-order valence-corrected chi connectivity index (χ0v) is 16.1. The van der Waals surface area contributed by atoms with Crippen LogP contribution in [-0.4, -0.2) is 71.3 Å². The molecule has 0 heterocycles. The molecule has 0 aromatic heterocycles. The number of carboxylic acid groups (broad SMARTS) is 2. The number of hydrogen-bond donors (Lipinski definition) is 4. The van der Waals surface area contributed by atoms with Crippen molar-refractivity contribution in [1.82, 2.24) is 0 Å². The van der Waals surface area contributed by atoms with Gasteiger partial charge in [0.15, 0.2) is 11.5 Å². The lowest BCUT2D eigenvalue weighted by atomic mass is 10.0. The van der Waals surface area contributed by atoms with Crippen LogP contribution in [0.4, 0.5) is 0 Å². The highest BCUT2D eigenvalue weighted by Gasteiger charge is 2.32. The maximum atomic E-state index is 10.8. The molecule has 0 bridgehead atoms. The third-order valence-electron chi connectivity index (χ3n) is 2.85. The standard InChI is InChI=1S/C12H17NO7.2C2H4O2/c1-18-9-4-7(5-10(19-2)12(9)20-3)11(15)8(6-14)13(16)17;2*1-2(3)4/h4-5,8,11,14-15H,6H2,1-3H3;2*1H3,(H,3,4). The molecule has 0 saturated heterocycles. The van der Waals surface area contributed by atoms with Crippen molar-refractivity contribution < 1.29 is 49.1 Å². The van der Waals surface area contributed by atoms with E-state index in [1.54, 1.807) is 0 Å². The van der Waals surface area contributed by atoms with Crippen molar-refractivity contribution in [2.24, 2.45) is 0 Å². The Morgan fingerprint density at radius 1 is 1.04 bits per heavy atom. The SMILES string of the molecule is CC(=O)O.CC(=O)O.COc1cc(C(O)C(CO)[N+](=O)[O-])cc(OC)c1OC. The fourth-order valence-corrected chi connectivity index (χ4v) is 1.78. The average Bonchev–Trinajstić information content (AvgIpc) is 2.59. The Balaban J connectivity index is 0. The maximum absolute atomic E-state index is 10.8. The molecule has 1 aromatic carbocycles. The highest BCUT2D eigenvalue weighted by Crippen LogP contribution is 2.40. The molecule has 160 valence electrons. The van der Waals surface area contributed by atoms with Gasteiger partial charge in [-0.1, -0.05) is 0 Å². The van der Waals surface area contributed by atoms with Crippen molar-refractivity contribution >= 4 is 11.9 Å². The molecular formula is C16H25NO11. The van der Waals surface area contributed by atoms with Crippen LogP contribution in [0, 0.1) is 10.1 Å². The summed E-state index contributed by atoms with van der Waals surface area (Å²) in [4.78, 5) is 28.0. The Morgan fingerprint density at radius 2 is 1.39 bits per heavy atom. The van der Waals surface area contributed by atoms with Gasteiger partial charge >= 0.3 is 0 Å². The number of aliphatic hydroxyl groups is 2. The monoisotopic (exact) mass is 407 g/mol. The van der Waals surface area contributed by atoms with E-state index in [0.29, 0.717) is 5.75 Å². The Morgan fingerprint density at radius 3 is 1.61 bits per heavy atom. The molecule has 0 aliphatic rings. The summed E-state index contributed by atoms with van der Waals surface area (Å²) < 4.78 is 15.3. The van der Waals surface area contributed by atoms with Gasteiger partial charge in [-0.05, 0) is 17.7 Å². The van der Waals surface area contributed by atoms with E-state index in [2.05, 4.69) is 0 Å². The first-order valence-corrected chi connectivity index (χ1v) is 7.58. The largest absolute Gasteiger partial charge is 0.493 e. The van der Waals surface area contributed by atoms with Crippen LogP contribution in [0.2, 0.25) is 0 Å². The molecule has 28 heavy (non-hydrogen) atoms. The molecule has 12 nitrogen and oxygen atoms in total. The van der Waals surface area contributed by atoms with Gasteiger partial charge in [-0.2, -0.15) is 0 Å². The zero-order chi connectivity index (χ0) is 22.4. The van der Waals surface area contributed by atoms with Gasteiger partial charge in [0.05, 0.1) is 21.3 Å². The van der Waals surface area contributed by atoms with E-state index >= 15 is 0 Å². The summed E-state index contributed by atoms with van der Waals surface area (Å²) in [6, 6.07) is 1.27. The number of rotatable bonds is 7. The van der Waals surface area contributed by atoms with Crippen molar-refractivity contribution in [2.45, 2.75) is 26.0 Å². The molecule has 2 atom stereocenters. The fraction of sp³-hybridized carbons (Fsp3) is 0.500. The van der Waals surface area contributed by atoms with E-state index in [-0.39, 0.29) is 17.1 Å². The van der Waals surface area contributed by atoms with Gasteiger partial charge in [-0.25, -0.2) is 0 Å². The summed E-state index contributed by atoms with van der Waals surface area (Å²) in [6.45, 7) is 1.38. The molecule has 0 aliphatic carbocycles. The summed E-state index contributed by atoms with van der Waals surface area (Å²) in [5.74, 6) is -0.825. The van der Waals surface area contributed by atoms with Gasteiger partial charge in [0.1, 0.15) is 12.7 Å². The van der Waals surface area contributed by atoms with Crippen LogP contribution in [0.1, 0.15) is 25.5 Å². The van der Waals surface area contributed by atoms with Gasteiger partial charge in [-0.15, -0.1) is 0 Å². The van der Waals surface area contributed by atoms with Gasteiger partial charge in [0.25, 0.3) is 18.0 Å². The van der Waals surface area contributed by atoms with E-state index in [1.807, 2.05) is 0 Å². The summed E-state index contributed by atoms with van der Waals surface area (Å²) in [5, 5.41) is 44.6. The molecule has 12 heteroatoms. The summed E-state index contributed by atoms with van der Waals surface area (Å²) in [7, 11) is 4.21. The second-order valence-corrected chi connectivity index (χ2v) is 4.98. The van der Waals surface area contributed by atoms with Crippen LogP contribution < -0.4 is 14.2 Å². The maximum Gasteiger partial charge on any atom is 0.300 e. The van der Waals surface area contributed by atoms with Gasteiger partial charge < -0.3 is 34.6 Å². The van der Waals surface area contributed by atoms with Crippen LogP contribution in [0.3, 0.4) is 0 Å². The van der Waals surface area contributed by atoms with Crippen molar-refractivity contribution in [1.29, 1.82) is 0 Å². The molecule has 1 aromatic rings. The summed E-state index contributed by atoms with van der Waals surface area (Å²) in [5.41, 5.74) is 0.190. The first kappa shape index (κ1) is 27.1. The van der Waals surface area contributed by atoms with E-state index in [1.165, 1.54) is 33.5 Å². The molecule has 0 saturated carbocycles. The molecule has 0 aliphatic heterocycles. The number of hydrogen-bond acceptors (Lipinski definition) is 9. The molecule has 0 spiro atoms. The predicted molar refractivity (Wildman–Crippen MR) is 95.5 cm³/mol. The van der Waals surface area contributed by atoms with Crippen LogP contribution in [0.5, 0.6) is 17.2 Å². The first-order chi connectivity index (χ1) is 13.0. The quantitative estimate of drug-likeness (QED) is 0.365. The van der Waals surface area contributed by atoms with E-state index < -0.39 is 35.6 Å². The molecular weight excluding hydrogens is 382 g/mol. The van der Waals surface area contributed by atoms with Crippen molar-refractivity contribution in [2.75, 3.05) is 27.9 Å². The third kappa shape index (κ3) is 10.1. The highest BCUT2D eigenvalue weighted by molar-refractivity contribution is 5.63. The number of nitro groups is 1. The second-order valence-electron chi connectivity index (χ2n) is 4.98. The number of methoxy groups -OCH3 is 3. The van der Waals surface area contributed by atoms with Gasteiger partial charge in [0, 0.05) is 18.8 Å². The van der Waals surface area contributed by atoms with Crippen LogP contribution in [-0.2, 0) is 9.59 Å². The Labute approximate surface area is 161 Å². The Kier molecular flexibility index (Phi) is 13.6. The van der Waals surface area contributed by atoms with E-state index in [4.69, 9.17) is 39.1 Å². The van der Waals surface area contributed by atoms with Gasteiger partial charge in [0.2, 0.25) is 5.75 Å². The summed E-state index contributed by atoms with van der Waals surface area (Å²) >= 11 is 0. The lowest BCUT2D eigenvalue weighted by Crippen LogP contribution is -2.31. The van der Waals surface area contributed by atoms with Crippen LogP contribution in [0.15, 0.2) is 12.1 Å². The minimum Gasteiger partial charge on any atom is -0.493 e. The van der Waals surface area contributed by atoms with Crippen LogP contribution >= 0.6 is 0 Å². The Bertz CT molecular complexity index is 602. The lowest BCUT2D eigenvalue weighted by Gasteiger charge is -2.18. The molecule has 0 fully saturated rings. The smallest absolute Gasteiger partial charge is 0.300 e. The molecule has 1 rings (SSSR count). The van der Waals surface area contributed by atoms with Crippen molar-refractivity contribution in [3.63, 3.8) is 0 Å². The van der Waals surface area contributed by atoms with Crippen LogP contribution in [0.25, 0.3) is 0 Å². The normalized spacial score (nSPS) is 11.4. The van der Waals surface area contributed by atoms with Crippen molar-refractivity contribution in [3.05, 3.63) is 27.8 Å². The van der Waals surface area contributed by atoms with E-state index in [9.17, 15) is 15.2 Å². The minimum absolute atomic E-state index is 0.190. The molecule has 0 amide bonds. The Hall–Kier alpha value is -3.12. The van der Waals surface area contributed by atoms with Crippen molar-refractivity contribution in [3.8, 4) is 17.2 Å². The molecule has 4 N–H and O–H groups in total. The minimum atomic E-state index is -1.53. The molecule has 0 radical (unpaired) electrons. The first-order valence-electron chi connectivity index (χ1n) is 7.58. The highest BCUT2D eigenvalue weighted by atomic mass is 16.6. The topological polar surface area (TPSA) is 186 Å². The number of ether oxygens (including phenoxy) is 3. The lowest BCUT2D eigenvalue weighted by molar-refractivity contribution is -0.539. The third-order valence-corrected chi connectivity index (χ3v) is 2.85. The molecule has 2 unspecified atom stereocenters. The predicted octanol–water partition coefficient (Wildman–Crippen LogP) is 0.565. The zero-order valence-electron chi connectivity index (χ0n) is 16.1.